The van der Waals surface area contributed by atoms with Gasteiger partial charge < -0.3 is 14.6 Å². The third-order valence-electron chi connectivity index (χ3n) is 3.24. The second-order valence-electron chi connectivity index (χ2n) is 4.78. The molecule has 0 atom stereocenters. The lowest BCUT2D eigenvalue weighted by molar-refractivity contribution is -0.137. The van der Waals surface area contributed by atoms with Crippen molar-refractivity contribution in [3.8, 4) is 11.5 Å². The summed E-state index contributed by atoms with van der Waals surface area (Å²) in [7, 11) is 1.53. The van der Waals surface area contributed by atoms with E-state index in [1.165, 1.54) is 23.5 Å². The Morgan fingerprint density at radius 1 is 1.33 bits per heavy atom. The molecule has 0 fully saturated rings. The van der Waals surface area contributed by atoms with Crippen molar-refractivity contribution in [1.82, 2.24) is 14.9 Å². The molecule has 1 aromatic carbocycles. The van der Waals surface area contributed by atoms with Crippen molar-refractivity contribution in [1.29, 1.82) is 0 Å². The van der Waals surface area contributed by atoms with Gasteiger partial charge in [0, 0.05) is 0 Å². The van der Waals surface area contributed by atoms with Gasteiger partial charge in [0.05, 0.1) is 12.9 Å². The normalized spacial score (nSPS) is 13.5. The quantitative estimate of drug-likeness (QED) is 0.804. The summed E-state index contributed by atoms with van der Waals surface area (Å²) in [4.78, 5) is 23.0. The number of ether oxygens (including phenoxy) is 2. The number of hydrogen-bond acceptors (Lipinski definition) is 7. The molecule has 0 unspecified atom stereocenters. The number of nitrogens with zero attached hydrogens (tertiary/aromatic N) is 4. The van der Waals surface area contributed by atoms with Crippen LogP contribution in [-0.4, -0.2) is 51.3 Å². The van der Waals surface area contributed by atoms with Gasteiger partial charge in [-0.1, -0.05) is 23.9 Å². The third kappa shape index (κ3) is 3.13. The summed E-state index contributed by atoms with van der Waals surface area (Å²) in [6.45, 7) is -0.455. The summed E-state index contributed by atoms with van der Waals surface area (Å²) < 4.78 is 12.3. The van der Waals surface area contributed by atoms with Crippen molar-refractivity contribution in [2.24, 2.45) is 0 Å². The molecule has 1 amide bonds. The highest BCUT2D eigenvalue weighted by Crippen LogP contribution is 2.28. The Balaban J connectivity index is 1.84. The number of carbonyl (C=O) groups excluding carboxylic acids is 1. The Hall–Kier alpha value is -2.75. The number of fused-ring (bicyclic) bond motifs is 1. The fourth-order valence-corrected chi connectivity index (χ4v) is 3.02. The van der Waals surface area contributed by atoms with Crippen LogP contribution in [-0.2, 0) is 16.2 Å². The topological polar surface area (TPSA) is 107 Å². The minimum atomic E-state index is -1.12. The van der Waals surface area contributed by atoms with E-state index in [0.29, 0.717) is 22.5 Å². The monoisotopic (exact) mass is 350 g/mol. The zero-order valence-electron chi connectivity index (χ0n) is 12.7. The number of hydrogen-bond donors (Lipinski definition) is 1. The van der Waals surface area contributed by atoms with Crippen LogP contribution in [0, 0.1) is 0 Å². The van der Waals surface area contributed by atoms with Crippen LogP contribution in [0.25, 0.3) is 0 Å². The largest absolute Gasteiger partial charge is 0.493 e. The molecule has 0 bridgehead atoms. The van der Waals surface area contributed by atoms with Crippen LogP contribution in [0.4, 0.5) is 0 Å². The first-order chi connectivity index (χ1) is 11.6. The second kappa shape index (κ2) is 6.79. The summed E-state index contributed by atoms with van der Waals surface area (Å²) in [5.41, 5.74) is 0. The second-order valence-corrected chi connectivity index (χ2v) is 5.73. The summed E-state index contributed by atoms with van der Waals surface area (Å²) >= 11 is 1.20. The van der Waals surface area contributed by atoms with E-state index in [4.69, 9.17) is 14.6 Å². The molecule has 3 rings (SSSR count). The Labute approximate surface area is 141 Å². The van der Waals surface area contributed by atoms with Crippen LogP contribution >= 0.6 is 11.8 Å². The average Bonchev–Trinajstić information content (AvgIpc) is 2.99. The highest BCUT2D eigenvalue weighted by atomic mass is 32.2. The SMILES string of the molecule is COc1ccccc1OCc1nnc2n1N(CC(=O)O)C(=O)CS2. The predicted molar refractivity (Wildman–Crippen MR) is 83.8 cm³/mol. The molecular formula is C14H14N4O5S. The van der Waals surface area contributed by atoms with Gasteiger partial charge in [-0.15, -0.1) is 10.2 Å². The van der Waals surface area contributed by atoms with Crippen molar-refractivity contribution in [2.45, 2.75) is 11.8 Å². The number of carboxylic acid groups (broad SMARTS) is 1. The van der Waals surface area contributed by atoms with Crippen molar-refractivity contribution in [3.05, 3.63) is 30.1 Å². The van der Waals surface area contributed by atoms with Crippen LogP contribution in [0.1, 0.15) is 5.82 Å². The summed E-state index contributed by atoms with van der Waals surface area (Å²) in [6, 6.07) is 7.10. The lowest BCUT2D eigenvalue weighted by Gasteiger charge is -2.27. The molecule has 10 heteroatoms. The Kier molecular flexibility index (Phi) is 4.56. The predicted octanol–water partition coefficient (Wildman–Crippen LogP) is 0.521. The molecule has 1 aliphatic rings. The fourth-order valence-electron chi connectivity index (χ4n) is 2.20. The molecule has 0 aliphatic carbocycles. The Bertz CT molecular complexity index is 778. The first-order valence-electron chi connectivity index (χ1n) is 6.95. The van der Waals surface area contributed by atoms with Crippen LogP contribution < -0.4 is 14.5 Å². The highest BCUT2D eigenvalue weighted by molar-refractivity contribution is 7.99. The van der Waals surface area contributed by atoms with Gasteiger partial charge in [-0.25, -0.2) is 9.69 Å². The lowest BCUT2D eigenvalue weighted by atomic mass is 10.3. The molecule has 1 aliphatic heterocycles. The van der Waals surface area contributed by atoms with Gasteiger partial charge in [-0.05, 0) is 12.1 Å². The molecular weight excluding hydrogens is 336 g/mol. The molecule has 0 saturated heterocycles. The first kappa shape index (κ1) is 16.1. The minimum Gasteiger partial charge on any atom is -0.493 e. The van der Waals surface area contributed by atoms with Gasteiger partial charge in [0.2, 0.25) is 5.16 Å². The Morgan fingerprint density at radius 3 is 2.79 bits per heavy atom. The van der Waals surface area contributed by atoms with Gasteiger partial charge in [0.25, 0.3) is 5.91 Å². The van der Waals surface area contributed by atoms with Crippen LogP contribution in [0.3, 0.4) is 0 Å². The summed E-state index contributed by atoms with van der Waals surface area (Å²) in [5.74, 6) is 0.0804. The zero-order valence-corrected chi connectivity index (χ0v) is 13.5. The highest BCUT2D eigenvalue weighted by Gasteiger charge is 2.30. The van der Waals surface area contributed by atoms with Gasteiger partial charge >= 0.3 is 5.97 Å². The number of methoxy groups -OCH3 is 1. The number of carboxylic acids is 1. The summed E-state index contributed by atoms with van der Waals surface area (Å²) in [6.07, 6.45) is 0. The number of rotatable bonds is 6. The van der Waals surface area contributed by atoms with E-state index >= 15 is 0 Å². The van der Waals surface area contributed by atoms with Crippen molar-refractivity contribution in [2.75, 3.05) is 24.4 Å². The standard InChI is InChI=1S/C14H14N4O5S/c1-22-9-4-2-3-5-10(9)23-7-11-15-16-14-18(11)17(6-13(20)21)12(19)8-24-14/h2-5H,6-8H2,1H3,(H,20,21). The number of benzene rings is 1. The smallest absolute Gasteiger partial charge is 0.325 e. The van der Waals surface area contributed by atoms with E-state index in [2.05, 4.69) is 10.2 Å². The molecule has 0 saturated carbocycles. The molecule has 2 heterocycles. The van der Waals surface area contributed by atoms with Crippen molar-refractivity contribution < 1.29 is 24.2 Å². The third-order valence-corrected chi connectivity index (χ3v) is 4.15. The van der Waals surface area contributed by atoms with Gasteiger partial charge in [0.1, 0.15) is 13.2 Å². The molecule has 1 aromatic heterocycles. The molecule has 24 heavy (non-hydrogen) atoms. The fraction of sp³-hybridized carbons (Fsp3) is 0.286. The van der Waals surface area contributed by atoms with Crippen LogP contribution in [0.2, 0.25) is 0 Å². The molecule has 126 valence electrons. The van der Waals surface area contributed by atoms with Gasteiger partial charge in [-0.2, -0.15) is 0 Å². The van der Waals surface area contributed by atoms with Crippen molar-refractivity contribution in [3.63, 3.8) is 0 Å². The van der Waals surface area contributed by atoms with E-state index in [-0.39, 0.29) is 18.3 Å². The molecule has 0 radical (unpaired) electrons. The van der Waals surface area contributed by atoms with E-state index in [9.17, 15) is 9.59 Å². The van der Waals surface area contributed by atoms with Gasteiger partial charge in [0.15, 0.2) is 17.3 Å². The minimum absolute atomic E-state index is 0.0112. The lowest BCUT2D eigenvalue weighted by Crippen LogP contribution is -2.48. The maximum absolute atomic E-state index is 12.0. The maximum Gasteiger partial charge on any atom is 0.325 e. The maximum atomic E-state index is 12.0. The summed E-state index contributed by atoms with van der Waals surface area (Å²) in [5, 5.41) is 18.6. The first-order valence-corrected chi connectivity index (χ1v) is 7.94. The van der Waals surface area contributed by atoms with E-state index in [0.717, 1.165) is 5.01 Å². The number of para-hydroxylation sites is 2. The van der Waals surface area contributed by atoms with Crippen LogP contribution in [0.5, 0.6) is 11.5 Å². The number of amides is 1. The van der Waals surface area contributed by atoms with E-state index < -0.39 is 12.5 Å². The Morgan fingerprint density at radius 2 is 2.08 bits per heavy atom. The zero-order chi connectivity index (χ0) is 17.1. The molecule has 9 nitrogen and oxygen atoms in total. The number of carbonyl (C=O) groups is 2. The average molecular weight is 350 g/mol. The molecule has 1 N–H and O–H groups in total. The number of aliphatic carboxylic acids is 1. The van der Waals surface area contributed by atoms with E-state index in [1.54, 1.807) is 18.2 Å². The van der Waals surface area contributed by atoms with Crippen LogP contribution in [0.15, 0.2) is 29.4 Å². The molecule has 0 spiro atoms. The number of thioether (sulfide) groups is 1. The molecule has 2 aromatic rings. The van der Waals surface area contributed by atoms with E-state index in [1.807, 2.05) is 6.07 Å². The number of aromatic nitrogens is 3. The van der Waals surface area contributed by atoms with Crippen molar-refractivity contribution >= 4 is 23.6 Å². The van der Waals surface area contributed by atoms with Gasteiger partial charge in [-0.3, -0.25) is 9.59 Å².